The maximum absolute atomic E-state index is 12.5. The Morgan fingerprint density at radius 1 is 0.970 bits per heavy atom. The highest BCUT2D eigenvalue weighted by Gasteiger charge is 2.27. The van der Waals surface area contributed by atoms with Gasteiger partial charge in [0.25, 0.3) is 11.6 Å². The Bertz CT molecular complexity index is 1200. The van der Waals surface area contributed by atoms with Crippen molar-refractivity contribution in [1.82, 2.24) is 0 Å². The van der Waals surface area contributed by atoms with E-state index in [-0.39, 0.29) is 30.3 Å². The molecule has 0 atom stereocenters. The molecule has 1 N–H and O–H groups in total. The predicted molar refractivity (Wildman–Crippen MR) is 116 cm³/mol. The normalized spacial score (nSPS) is 11.9. The molecule has 0 saturated carbocycles. The maximum atomic E-state index is 12.5. The number of para-hydroxylation sites is 3. The highest BCUT2D eigenvalue weighted by atomic mass is 16.6. The number of nitrogens with zero attached hydrogens (tertiary/aromatic N) is 1. The molecule has 1 aliphatic heterocycles. The topological polar surface area (TPSA) is 126 Å². The lowest BCUT2D eigenvalue weighted by Gasteiger charge is -2.18. The Kier molecular flexibility index (Phi) is 6.35. The summed E-state index contributed by atoms with van der Waals surface area (Å²) in [5, 5.41) is 14.0. The zero-order valence-corrected chi connectivity index (χ0v) is 17.2. The molecule has 0 fully saturated rings. The van der Waals surface area contributed by atoms with Crippen LogP contribution in [0.5, 0.6) is 23.0 Å². The first-order valence-corrected chi connectivity index (χ1v) is 9.88. The van der Waals surface area contributed by atoms with Crippen LogP contribution in [0.4, 0.5) is 11.4 Å². The van der Waals surface area contributed by atoms with Crippen molar-refractivity contribution in [3.05, 3.63) is 82.4 Å². The van der Waals surface area contributed by atoms with E-state index in [1.165, 1.54) is 6.07 Å². The number of hydrogen-bond donors (Lipinski definition) is 1. The zero-order valence-electron chi connectivity index (χ0n) is 17.2. The van der Waals surface area contributed by atoms with Crippen LogP contribution in [0.2, 0.25) is 0 Å². The molecule has 0 saturated heterocycles. The fourth-order valence-corrected chi connectivity index (χ4v) is 3.06. The van der Waals surface area contributed by atoms with Crippen molar-refractivity contribution in [1.29, 1.82) is 0 Å². The molecule has 3 aromatic rings. The highest BCUT2D eigenvalue weighted by Crippen LogP contribution is 2.37. The van der Waals surface area contributed by atoms with E-state index in [2.05, 4.69) is 5.32 Å². The minimum absolute atomic E-state index is 0.164. The van der Waals surface area contributed by atoms with Crippen molar-refractivity contribution in [3.63, 3.8) is 0 Å². The van der Waals surface area contributed by atoms with E-state index >= 15 is 0 Å². The number of amides is 1. The Hall–Kier alpha value is -4.60. The standard InChI is InChI=1S/C23H18N2O8/c26-22(24-17-8-4-5-9-19(17)33-15-6-2-1-3-7-15)14-32-23(27)16-12-20-21(31-11-10-30-20)13-18(16)25(28)29/h1-9,12-13H,10-11,14H2,(H,24,26). The van der Waals surface area contributed by atoms with Crippen molar-refractivity contribution in [2.75, 3.05) is 25.1 Å². The number of esters is 1. The number of nitro benzene ring substituents is 1. The number of carbonyl (C=O) groups excluding carboxylic acids is 2. The van der Waals surface area contributed by atoms with Crippen molar-refractivity contribution >= 4 is 23.3 Å². The molecule has 0 bridgehead atoms. The van der Waals surface area contributed by atoms with Gasteiger partial charge >= 0.3 is 5.97 Å². The molecule has 1 heterocycles. The van der Waals surface area contributed by atoms with E-state index in [9.17, 15) is 19.7 Å². The molecule has 10 nitrogen and oxygen atoms in total. The number of rotatable bonds is 7. The van der Waals surface area contributed by atoms with Crippen LogP contribution < -0.4 is 19.5 Å². The second kappa shape index (κ2) is 9.69. The number of ether oxygens (including phenoxy) is 4. The maximum Gasteiger partial charge on any atom is 0.345 e. The number of hydrogen-bond acceptors (Lipinski definition) is 8. The van der Waals surface area contributed by atoms with Crippen LogP contribution in [0.25, 0.3) is 0 Å². The number of anilines is 1. The zero-order chi connectivity index (χ0) is 23.2. The molecule has 0 aliphatic carbocycles. The molecular formula is C23H18N2O8. The number of nitrogens with one attached hydrogen (secondary N) is 1. The van der Waals surface area contributed by atoms with Crippen LogP contribution in [0.3, 0.4) is 0 Å². The minimum Gasteiger partial charge on any atom is -0.486 e. The largest absolute Gasteiger partial charge is 0.486 e. The lowest BCUT2D eigenvalue weighted by atomic mass is 10.1. The molecule has 3 aromatic carbocycles. The SMILES string of the molecule is O=C(COC(=O)c1cc2c(cc1[N+](=O)[O-])OCCO2)Nc1ccccc1Oc1ccccc1. The van der Waals surface area contributed by atoms with Crippen LogP contribution in [0.1, 0.15) is 10.4 Å². The molecule has 33 heavy (non-hydrogen) atoms. The fraction of sp³-hybridized carbons (Fsp3) is 0.130. The summed E-state index contributed by atoms with van der Waals surface area (Å²) in [5.41, 5.74) is -0.483. The summed E-state index contributed by atoms with van der Waals surface area (Å²) in [6, 6.07) is 18.0. The molecule has 1 amide bonds. The van der Waals surface area contributed by atoms with Crippen LogP contribution in [0, 0.1) is 10.1 Å². The van der Waals surface area contributed by atoms with Gasteiger partial charge in [0.1, 0.15) is 24.5 Å². The molecular weight excluding hydrogens is 432 g/mol. The van der Waals surface area contributed by atoms with E-state index in [4.69, 9.17) is 18.9 Å². The summed E-state index contributed by atoms with van der Waals surface area (Å²) in [5.74, 6) is -0.356. The smallest absolute Gasteiger partial charge is 0.345 e. The van der Waals surface area contributed by atoms with E-state index in [0.29, 0.717) is 17.2 Å². The molecule has 0 radical (unpaired) electrons. The molecule has 10 heteroatoms. The quantitative estimate of drug-likeness (QED) is 0.326. The molecule has 0 spiro atoms. The van der Waals surface area contributed by atoms with Crippen LogP contribution in [0.15, 0.2) is 66.7 Å². The van der Waals surface area contributed by atoms with Crippen molar-refractivity contribution in [2.24, 2.45) is 0 Å². The van der Waals surface area contributed by atoms with Gasteiger partial charge in [0.05, 0.1) is 16.7 Å². The van der Waals surface area contributed by atoms with Gasteiger partial charge in [-0.15, -0.1) is 0 Å². The van der Waals surface area contributed by atoms with Crippen LogP contribution in [-0.2, 0) is 9.53 Å². The summed E-state index contributed by atoms with van der Waals surface area (Å²) < 4.78 is 21.5. The monoisotopic (exact) mass is 450 g/mol. The minimum atomic E-state index is -1.04. The molecule has 1 aliphatic rings. The predicted octanol–water partition coefficient (Wildman–Crippen LogP) is 3.95. The first-order chi connectivity index (χ1) is 16.0. The highest BCUT2D eigenvalue weighted by molar-refractivity contribution is 5.98. The van der Waals surface area contributed by atoms with Gasteiger partial charge in [-0.3, -0.25) is 14.9 Å². The van der Waals surface area contributed by atoms with E-state index in [1.54, 1.807) is 36.4 Å². The second-order valence-electron chi connectivity index (χ2n) is 6.81. The Balaban J connectivity index is 1.43. The van der Waals surface area contributed by atoms with Gasteiger partial charge in [0.15, 0.2) is 23.9 Å². The molecule has 0 aromatic heterocycles. The average molecular weight is 450 g/mol. The van der Waals surface area contributed by atoms with Crippen molar-refractivity contribution in [2.45, 2.75) is 0 Å². The van der Waals surface area contributed by atoms with Gasteiger partial charge in [-0.25, -0.2) is 4.79 Å². The van der Waals surface area contributed by atoms with Crippen molar-refractivity contribution < 1.29 is 33.5 Å². The Morgan fingerprint density at radius 2 is 1.64 bits per heavy atom. The van der Waals surface area contributed by atoms with Gasteiger partial charge in [0.2, 0.25) is 0 Å². The fourth-order valence-electron chi connectivity index (χ4n) is 3.06. The van der Waals surface area contributed by atoms with E-state index in [0.717, 1.165) is 6.07 Å². The summed E-state index contributed by atoms with van der Waals surface area (Å²) in [6.07, 6.45) is 0. The number of nitro groups is 1. The number of fused-ring (bicyclic) bond motifs is 1. The van der Waals surface area contributed by atoms with Crippen LogP contribution in [-0.4, -0.2) is 36.6 Å². The van der Waals surface area contributed by atoms with E-state index < -0.39 is 29.1 Å². The van der Waals surface area contributed by atoms with E-state index in [1.807, 2.05) is 18.2 Å². The molecule has 168 valence electrons. The Labute approximate surface area is 187 Å². The summed E-state index contributed by atoms with van der Waals surface area (Å²) >= 11 is 0. The summed E-state index contributed by atoms with van der Waals surface area (Å²) in [4.78, 5) is 35.5. The van der Waals surface area contributed by atoms with Gasteiger partial charge in [0, 0.05) is 6.07 Å². The van der Waals surface area contributed by atoms with Gasteiger partial charge in [-0.2, -0.15) is 0 Å². The Morgan fingerprint density at radius 3 is 2.36 bits per heavy atom. The molecule has 0 unspecified atom stereocenters. The lowest BCUT2D eigenvalue weighted by Crippen LogP contribution is -2.22. The van der Waals surface area contributed by atoms with Gasteiger partial charge < -0.3 is 24.3 Å². The third kappa shape index (κ3) is 5.18. The lowest BCUT2D eigenvalue weighted by molar-refractivity contribution is -0.385. The van der Waals surface area contributed by atoms with Crippen LogP contribution >= 0.6 is 0 Å². The first kappa shape index (κ1) is 21.6. The average Bonchev–Trinajstić information content (AvgIpc) is 2.83. The second-order valence-corrected chi connectivity index (χ2v) is 6.81. The third-order valence-corrected chi connectivity index (χ3v) is 4.54. The van der Waals surface area contributed by atoms with Crippen molar-refractivity contribution in [3.8, 4) is 23.0 Å². The number of carbonyl (C=O) groups is 2. The van der Waals surface area contributed by atoms with Gasteiger partial charge in [-0.1, -0.05) is 30.3 Å². The summed E-state index contributed by atoms with van der Waals surface area (Å²) in [7, 11) is 0. The summed E-state index contributed by atoms with van der Waals surface area (Å²) in [6.45, 7) is -0.181. The van der Waals surface area contributed by atoms with Gasteiger partial charge in [-0.05, 0) is 24.3 Å². The third-order valence-electron chi connectivity index (χ3n) is 4.54. The first-order valence-electron chi connectivity index (χ1n) is 9.88. The molecule has 4 rings (SSSR count). The number of benzene rings is 3.